The molecule has 4 nitrogen and oxygen atoms in total. The Labute approximate surface area is 79.5 Å². The molecule has 0 aliphatic rings. The third-order valence-electron chi connectivity index (χ3n) is 1.36. The first-order valence-electron chi connectivity index (χ1n) is 4.54. The van der Waals surface area contributed by atoms with Crippen molar-refractivity contribution in [1.82, 2.24) is 0 Å². The van der Waals surface area contributed by atoms with Crippen molar-refractivity contribution < 1.29 is 19.7 Å². The van der Waals surface area contributed by atoms with Gasteiger partial charge in [-0.15, -0.1) is 0 Å². The molecule has 0 rings (SSSR count). The van der Waals surface area contributed by atoms with Crippen molar-refractivity contribution in [3.05, 3.63) is 0 Å². The molecule has 0 saturated carbocycles. The largest absolute Gasteiger partial charge is 0.393 e. The molecule has 0 radical (unpaired) electrons. The number of rotatable bonds is 7. The predicted octanol–water partition coefficient (Wildman–Crippen LogP) is 0.519. The molecule has 0 aromatic carbocycles. The normalized spacial score (nSPS) is 14.5. The molecule has 2 N–H and O–H groups in total. The SMILES string of the molecule is CC(O)CCOCCOC(C)(C)O. The Hall–Kier alpha value is -0.160. The highest BCUT2D eigenvalue weighted by Crippen LogP contribution is 2.01. The van der Waals surface area contributed by atoms with Crippen LogP contribution in [0.1, 0.15) is 27.2 Å². The zero-order chi connectivity index (χ0) is 10.3. The predicted molar refractivity (Wildman–Crippen MR) is 49.4 cm³/mol. The highest BCUT2D eigenvalue weighted by molar-refractivity contribution is 4.48. The van der Waals surface area contributed by atoms with Crippen LogP contribution in [0.25, 0.3) is 0 Å². The third-order valence-corrected chi connectivity index (χ3v) is 1.36. The monoisotopic (exact) mass is 192 g/mol. The summed E-state index contributed by atoms with van der Waals surface area (Å²) in [6.45, 7) is 6.19. The van der Waals surface area contributed by atoms with Crippen molar-refractivity contribution in [3.63, 3.8) is 0 Å². The van der Waals surface area contributed by atoms with Gasteiger partial charge >= 0.3 is 0 Å². The van der Waals surface area contributed by atoms with Gasteiger partial charge in [-0.3, -0.25) is 0 Å². The molecule has 4 heteroatoms. The number of aliphatic hydroxyl groups excluding tert-OH is 1. The van der Waals surface area contributed by atoms with Crippen LogP contribution in [-0.4, -0.2) is 41.9 Å². The Balaban J connectivity index is 3.09. The molecule has 0 fully saturated rings. The van der Waals surface area contributed by atoms with Crippen LogP contribution in [0.4, 0.5) is 0 Å². The van der Waals surface area contributed by atoms with E-state index in [1.54, 1.807) is 20.8 Å². The Morgan fingerprint density at radius 3 is 2.31 bits per heavy atom. The van der Waals surface area contributed by atoms with Crippen LogP contribution < -0.4 is 0 Å². The van der Waals surface area contributed by atoms with E-state index in [9.17, 15) is 0 Å². The van der Waals surface area contributed by atoms with Crippen molar-refractivity contribution in [3.8, 4) is 0 Å². The first-order valence-corrected chi connectivity index (χ1v) is 4.54. The minimum atomic E-state index is -1.09. The Bertz CT molecular complexity index is 117. The number of aliphatic hydroxyl groups is 2. The molecule has 0 saturated heterocycles. The van der Waals surface area contributed by atoms with Gasteiger partial charge in [0.1, 0.15) is 0 Å². The Kier molecular flexibility index (Phi) is 6.24. The first kappa shape index (κ1) is 12.8. The van der Waals surface area contributed by atoms with Crippen LogP contribution in [0.3, 0.4) is 0 Å². The maximum atomic E-state index is 9.14. The molecule has 1 unspecified atom stereocenters. The molecule has 0 bridgehead atoms. The lowest BCUT2D eigenvalue weighted by molar-refractivity contribution is -0.183. The summed E-state index contributed by atoms with van der Waals surface area (Å²) in [5.74, 6) is -1.09. The lowest BCUT2D eigenvalue weighted by atomic mass is 10.3. The fraction of sp³-hybridized carbons (Fsp3) is 1.00. The van der Waals surface area contributed by atoms with Gasteiger partial charge in [0.05, 0.1) is 19.3 Å². The van der Waals surface area contributed by atoms with Crippen LogP contribution in [0.2, 0.25) is 0 Å². The minimum absolute atomic E-state index is 0.324. The molecule has 80 valence electrons. The fourth-order valence-corrected chi connectivity index (χ4v) is 0.706. The van der Waals surface area contributed by atoms with E-state index in [1.165, 1.54) is 0 Å². The van der Waals surface area contributed by atoms with Crippen LogP contribution in [0, 0.1) is 0 Å². The van der Waals surface area contributed by atoms with Crippen molar-refractivity contribution in [2.75, 3.05) is 19.8 Å². The van der Waals surface area contributed by atoms with Crippen LogP contribution >= 0.6 is 0 Å². The van der Waals surface area contributed by atoms with Gasteiger partial charge in [-0.2, -0.15) is 0 Å². The van der Waals surface area contributed by atoms with Crippen molar-refractivity contribution in [2.24, 2.45) is 0 Å². The van der Waals surface area contributed by atoms with E-state index < -0.39 is 5.79 Å². The second-order valence-electron chi connectivity index (χ2n) is 3.55. The standard InChI is InChI=1S/C9H20O4/c1-8(10)4-5-12-6-7-13-9(2,3)11/h8,10-11H,4-7H2,1-3H3. The average Bonchev–Trinajstić information content (AvgIpc) is 1.93. The topological polar surface area (TPSA) is 58.9 Å². The van der Waals surface area contributed by atoms with Crippen molar-refractivity contribution in [1.29, 1.82) is 0 Å². The summed E-state index contributed by atoms with van der Waals surface area (Å²) in [6, 6.07) is 0. The van der Waals surface area contributed by atoms with Crippen LogP contribution in [-0.2, 0) is 9.47 Å². The molecular formula is C9H20O4. The van der Waals surface area contributed by atoms with E-state index in [0.29, 0.717) is 26.2 Å². The number of ether oxygens (including phenoxy) is 2. The molecule has 13 heavy (non-hydrogen) atoms. The van der Waals surface area contributed by atoms with E-state index in [2.05, 4.69) is 0 Å². The second-order valence-corrected chi connectivity index (χ2v) is 3.55. The number of hydrogen-bond donors (Lipinski definition) is 2. The summed E-state index contributed by atoms with van der Waals surface area (Å²) in [5.41, 5.74) is 0. The molecule has 0 spiro atoms. The van der Waals surface area contributed by atoms with Gasteiger partial charge in [-0.1, -0.05) is 0 Å². The quantitative estimate of drug-likeness (QED) is 0.456. The van der Waals surface area contributed by atoms with Crippen LogP contribution in [0.5, 0.6) is 0 Å². The lowest BCUT2D eigenvalue weighted by Gasteiger charge is -2.17. The summed E-state index contributed by atoms with van der Waals surface area (Å²) in [6.07, 6.45) is 0.304. The molecule has 0 aromatic heterocycles. The van der Waals surface area contributed by atoms with Gasteiger partial charge in [0.25, 0.3) is 0 Å². The van der Waals surface area contributed by atoms with E-state index in [4.69, 9.17) is 19.7 Å². The minimum Gasteiger partial charge on any atom is -0.393 e. The zero-order valence-electron chi connectivity index (χ0n) is 8.62. The molecule has 0 aromatic rings. The average molecular weight is 192 g/mol. The summed E-state index contributed by atoms with van der Waals surface area (Å²) < 4.78 is 10.1. The smallest absolute Gasteiger partial charge is 0.159 e. The fourth-order valence-electron chi connectivity index (χ4n) is 0.706. The van der Waals surface area contributed by atoms with Crippen molar-refractivity contribution >= 4 is 0 Å². The van der Waals surface area contributed by atoms with Gasteiger partial charge in [0.15, 0.2) is 5.79 Å². The van der Waals surface area contributed by atoms with Gasteiger partial charge < -0.3 is 19.7 Å². The van der Waals surface area contributed by atoms with E-state index in [-0.39, 0.29) is 6.10 Å². The maximum absolute atomic E-state index is 9.14. The maximum Gasteiger partial charge on any atom is 0.159 e. The van der Waals surface area contributed by atoms with E-state index in [1.807, 2.05) is 0 Å². The Morgan fingerprint density at radius 1 is 1.23 bits per heavy atom. The van der Waals surface area contributed by atoms with E-state index in [0.717, 1.165) is 0 Å². The molecule has 0 heterocycles. The van der Waals surface area contributed by atoms with E-state index >= 15 is 0 Å². The highest BCUT2D eigenvalue weighted by atomic mass is 16.6. The van der Waals surface area contributed by atoms with Gasteiger partial charge in [0.2, 0.25) is 0 Å². The molecular weight excluding hydrogens is 172 g/mol. The van der Waals surface area contributed by atoms with Crippen LogP contribution in [0.15, 0.2) is 0 Å². The zero-order valence-corrected chi connectivity index (χ0v) is 8.62. The van der Waals surface area contributed by atoms with Gasteiger partial charge in [-0.25, -0.2) is 0 Å². The molecule has 0 aliphatic carbocycles. The molecule has 0 amide bonds. The second kappa shape index (κ2) is 6.32. The summed E-state index contributed by atoms with van der Waals surface area (Å²) in [4.78, 5) is 0. The third kappa shape index (κ3) is 11.8. The van der Waals surface area contributed by atoms with Crippen molar-refractivity contribution in [2.45, 2.75) is 39.1 Å². The summed E-state index contributed by atoms with van der Waals surface area (Å²) in [5, 5.41) is 18.0. The molecule has 1 atom stereocenters. The van der Waals surface area contributed by atoms with Gasteiger partial charge in [-0.05, 0) is 27.2 Å². The lowest BCUT2D eigenvalue weighted by Crippen LogP contribution is -2.25. The molecule has 0 aliphatic heterocycles. The number of hydrogen-bond acceptors (Lipinski definition) is 4. The Morgan fingerprint density at radius 2 is 1.85 bits per heavy atom. The summed E-state index contributed by atoms with van der Waals surface area (Å²) in [7, 11) is 0. The first-order chi connectivity index (χ1) is 5.92. The summed E-state index contributed by atoms with van der Waals surface area (Å²) >= 11 is 0. The van der Waals surface area contributed by atoms with Gasteiger partial charge in [0, 0.05) is 6.61 Å². The highest BCUT2D eigenvalue weighted by Gasteiger charge is 2.11.